The van der Waals surface area contributed by atoms with Crippen LogP contribution in [0.1, 0.15) is 56.8 Å². The summed E-state index contributed by atoms with van der Waals surface area (Å²) in [7, 11) is 0. The van der Waals surface area contributed by atoms with E-state index in [0.29, 0.717) is 0 Å². The van der Waals surface area contributed by atoms with Crippen LogP contribution in [0.2, 0.25) is 0 Å². The standard InChI is InChI=1S/C23H24F3NO3/c1-2-3-4-5-6-7-13-29-22(28)18(16-27)15-20-11-12-21(30-20)17-9-8-10-19(14-17)23(24,25)26/h8-12,14-15H,2-7,13H2,1H3/b18-15+. The first-order valence-electron chi connectivity index (χ1n) is 9.91. The minimum Gasteiger partial charge on any atom is -0.462 e. The van der Waals surface area contributed by atoms with Crippen LogP contribution < -0.4 is 0 Å². The summed E-state index contributed by atoms with van der Waals surface area (Å²) in [6.07, 6.45) is 3.03. The molecule has 0 saturated carbocycles. The Kier molecular flexibility index (Phi) is 8.72. The van der Waals surface area contributed by atoms with Crippen molar-refractivity contribution in [3.8, 4) is 17.4 Å². The zero-order valence-electron chi connectivity index (χ0n) is 16.8. The van der Waals surface area contributed by atoms with Gasteiger partial charge in [-0.1, -0.05) is 51.2 Å². The number of esters is 1. The van der Waals surface area contributed by atoms with E-state index in [2.05, 4.69) is 6.92 Å². The van der Waals surface area contributed by atoms with Gasteiger partial charge in [-0.2, -0.15) is 18.4 Å². The van der Waals surface area contributed by atoms with Crippen LogP contribution >= 0.6 is 0 Å². The second-order valence-corrected chi connectivity index (χ2v) is 6.85. The molecule has 0 fully saturated rings. The Hall–Kier alpha value is -3.01. The molecular weight excluding hydrogens is 395 g/mol. The van der Waals surface area contributed by atoms with Crippen LogP contribution in [0.5, 0.6) is 0 Å². The van der Waals surface area contributed by atoms with Crippen LogP contribution in [-0.4, -0.2) is 12.6 Å². The molecular formula is C23H24F3NO3. The van der Waals surface area contributed by atoms with Crippen LogP contribution in [0.15, 0.2) is 46.4 Å². The molecule has 4 nitrogen and oxygen atoms in total. The Balaban J connectivity index is 1.98. The van der Waals surface area contributed by atoms with Gasteiger partial charge in [0.1, 0.15) is 23.2 Å². The number of benzene rings is 1. The maximum absolute atomic E-state index is 12.9. The molecule has 0 N–H and O–H groups in total. The summed E-state index contributed by atoms with van der Waals surface area (Å²) in [6.45, 7) is 2.37. The molecule has 0 amide bonds. The van der Waals surface area contributed by atoms with E-state index < -0.39 is 17.7 Å². The summed E-state index contributed by atoms with van der Waals surface area (Å²) in [5.41, 5.74) is -0.774. The monoisotopic (exact) mass is 419 g/mol. The van der Waals surface area contributed by atoms with E-state index in [4.69, 9.17) is 9.15 Å². The lowest BCUT2D eigenvalue weighted by Gasteiger charge is -2.07. The summed E-state index contributed by atoms with van der Waals surface area (Å²) in [4.78, 5) is 12.1. The minimum absolute atomic E-state index is 0.176. The van der Waals surface area contributed by atoms with Crippen molar-refractivity contribution in [2.24, 2.45) is 0 Å². The van der Waals surface area contributed by atoms with Gasteiger partial charge in [0.25, 0.3) is 0 Å². The molecule has 7 heteroatoms. The van der Waals surface area contributed by atoms with Crippen LogP contribution in [0.25, 0.3) is 17.4 Å². The van der Waals surface area contributed by atoms with Gasteiger partial charge in [0.05, 0.1) is 12.2 Å². The topological polar surface area (TPSA) is 63.2 Å². The Bertz CT molecular complexity index is 907. The van der Waals surface area contributed by atoms with Gasteiger partial charge >= 0.3 is 12.1 Å². The number of carbonyl (C=O) groups is 1. The van der Waals surface area contributed by atoms with Gasteiger partial charge in [-0.05, 0) is 30.7 Å². The number of rotatable bonds is 10. The van der Waals surface area contributed by atoms with E-state index in [9.17, 15) is 23.2 Å². The molecule has 160 valence electrons. The van der Waals surface area contributed by atoms with E-state index in [-0.39, 0.29) is 29.3 Å². The zero-order valence-corrected chi connectivity index (χ0v) is 16.8. The summed E-state index contributed by atoms with van der Waals surface area (Å²) < 4.78 is 49.2. The fourth-order valence-corrected chi connectivity index (χ4v) is 2.84. The average molecular weight is 419 g/mol. The lowest BCUT2D eigenvalue weighted by molar-refractivity contribution is -0.139. The Morgan fingerprint density at radius 3 is 2.57 bits per heavy atom. The smallest absolute Gasteiger partial charge is 0.416 e. The molecule has 1 aromatic carbocycles. The number of halogens is 3. The highest BCUT2D eigenvalue weighted by Crippen LogP contribution is 2.32. The van der Waals surface area contributed by atoms with Crippen molar-refractivity contribution in [1.29, 1.82) is 5.26 Å². The second-order valence-electron chi connectivity index (χ2n) is 6.85. The second kappa shape index (κ2) is 11.2. The van der Waals surface area contributed by atoms with Crippen molar-refractivity contribution in [2.45, 2.75) is 51.6 Å². The zero-order chi connectivity index (χ0) is 22.0. The number of unbranched alkanes of at least 4 members (excludes halogenated alkanes) is 5. The largest absolute Gasteiger partial charge is 0.462 e. The number of hydrogen-bond acceptors (Lipinski definition) is 4. The molecule has 1 heterocycles. The van der Waals surface area contributed by atoms with Crippen molar-refractivity contribution in [2.75, 3.05) is 6.61 Å². The van der Waals surface area contributed by atoms with E-state index >= 15 is 0 Å². The van der Waals surface area contributed by atoms with Gasteiger partial charge in [0.15, 0.2) is 0 Å². The molecule has 1 aromatic heterocycles. The highest BCUT2D eigenvalue weighted by Gasteiger charge is 2.30. The maximum atomic E-state index is 12.9. The molecule has 0 bridgehead atoms. The molecule has 0 aliphatic heterocycles. The van der Waals surface area contributed by atoms with Gasteiger partial charge in [-0.15, -0.1) is 0 Å². The molecule has 0 saturated heterocycles. The van der Waals surface area contributed by atoms with E-state index in [1.807, 2.05) is 0 Å². The van der Waals surface area contributed by atoms with Crippen molar-refractivity contribution >= 4 is 12.0 Å². The highest BCUT2D eigenvalue weighted by atomic mass is 19.4. The van der Waals surface area contributed by atoms with E-state index in [1.54, 1.807) is 6.07 Å². The van der Waals surface area contributed by atoms with E-state index in [0.717, 1.165) is 44.2 Å². The van der Waals surface area contributed by atoms with Gasteiger partial charge in [0.2, 0.25) is 0 Å². The number of carbonyl (C=O) groups excluding carboxylic acids is 1. The third-order valence-electron chi connectivity index (χ3n) is 4.46. The predicted molar refractivity (Wildman–Crippen MR) is 107 cm³/mol. The molecule has 0 radical (unpaired) electrons. The summed E-state index contributed by atoms with van der Waals surface area (Å²) in [5, 5.41) is 9.22. The first-order chi connectivity index (χ1) is 14.3. The lowest BCUT2D eigenvalue weighted by atomic mass is 10.1. The van der Waals surface area contributed by atoms with Gasteiger partial charge in [-0.3, -0.25) is 0 Å². The number of hydrogen-bond donors (Lipinski definition) is 0. The Morgan fingerprint density at radius 1 is 1.13 bits per heavy atom. The summed E-state index contributed by atoms with van der Waals surface area (Å²) in [5.74, 6) is -0.372. The molecule has 2 aromatic rings. The molecule has 2 rings (SSSR count). The Morgan fingerprint density at radius 2 is 1.87 bits per heavy atom. The van der Waals surface area contributed by atoms with Gasteiger partial charge in [0, 0.05) is 11.6 Å². The molecule has 30 heavy (non-hydrogen) atoms. The van der Waals surface area contributed by atoms with Crippen LogP contribution in [0.3, 0.4) is 0 Å². The normalized spacial score (nSPS) is 11.9. The van der Waals surface area contributed by atoms with Crippen LogP contribution in [-0.2, 0) is 15.7 Å². The third-order valence-corrected chi connectivity index (χ3v) is 4.46. The molecule has 0 unspecified atom stereocenters. The fourth-order valence-electron chi connectivity index (χ4n) is 2.84. The first kappa shape index (κ1) is 23.3. The van der Waals surface area contributed by atoms with Crippen molar-refractivity contribution in [3.63, 3.8) is 0 Å². The van der Waals surface area contributed by atoms with Crippen molar-refractivity contribution in [1.82, 2.24) is 0 Å². The van der Waals surface area contributed by atoms with Crippen LogP contribution in [0, 0.1) is 11.3 Å². The lowest BCUT2D eigenvalue weighted by Crippen LogP contribution is -2.07. The Labute approximate surface area is 174 Å². The number of ether oxygens (including phenoxy) is 1. The summed E-state index contributed by atoms with van der Waals surface area (Å²) >= 11 is 0. The fraction of sp³-hybridized carbons (Fsp3) is 0.391. The molecule has 0 atom stereocenters. The number of furan rings is 1. The molecule has 0 spiro atoms. The first-order valence-corrected chi connectivity index (χ1v) is 9.91. The average Bonchev–Trinajstić information content (AvgIpc) is 3.19. The maximum Gasteiger partial charge on any atom is 0.416 e. The van der Waals surface area contributed by atoms with E-state index in [1.165, 1.54) is 36.8 Å². The van der Waals surface area contributed by atoms with Gasteiger partial charge < -0.3 is 9.15 Å². The SMILES string of the molecule is CCCCCCCCOC(=O)/C(C#N)=C/c1ccc(-c2cccc(C(F)(F)F)c2)o1. The molecule has 0 aliphatic carbocycles. The third kappa shape index (κ3) is 7.11. The number of alkyl halides is 3. The number of nitrogens with zero attached hydrogens (tertiary/aromatic N) is 1. The molecule has 0 aliphatic rings. The van der Waals surface area contributed by atoms with Crippen LogP contribution in [0.4, 0.5) is 13.2 Å². The van der Waals surface area contributed by atoms with Crippen molar-refractivity contribution < 1.29 is 27.1 Å². The number of nitriles is 1. The summed E-state index contributed by atoms with van der Waals surface area (Å²) in [6, 6.07) is 9.47. The predicted octanol–water partition coefficient (Wildman–Crippen LogP) is 6.78. The highest BCUT2D eigenvalue weighted by molar-refractivity contribution is 5.97. The van der Waals surface area contributed by atoms with Gasteiger partial charge in [-0.25, -0.2) is 4.79 Å². The quantitative estimate of drug-likeness (QED) is 0.184. The van der Waals surface area contributed by atoms with Crippen molar-refractivity contribution in [3.05, 3.63) is 53.3 Å². The minimum atomic E-state index is -4.46.